The van der Waals surface area contributed by atoms with E-state index in [0.29, 0.717) is 56.6 Å². The topological polar surface area (TPSA) is 93.3 Å². The standard InChI is InChI=1S/C40H34FN3O6S/c1-4-49-39(46)35-36(25-10-6-5-7-11-25)42-40-44(37(35)31-23-29(47-2)18-19-33(31)48-3)38(45)34(51-40)22-26-24-43(32-13-9-8-12-30(26)32)20-21-50-28-16-14-27(41)15-17-28/h5-19,22-24,37H,4,20-21H2,1-3H3/t37-/m1/s1. The van der Waals surface area contributed by atoms with E-state index in [1.54, 1.807) is 56.0 Å². The first kappa shape index (κ1) is 33.6. The second-order valence-electron chi connectivity index (χ2n) is 11.6. The molecule has 0 saturated carbocycles. The van der Waals surface area contributed by atoms with Gasteiger partial charge in [-0.15, -0.1) is 0 Å². The van der Waals surface area contributed by atoms with Crippen LogP contribution in [0.3, 0.4) is 0 Å². The van der Waals surface area contributed by atoms with Crippen molar-refractivity contribution in [1.29, 1.82) is 0 Å². The fourth-order valence-electron chi connectivity index (χ4n) is 6.30. The molecule has 1 aliphatic rings. The van der Waals surface area contributed by atoms with Crippen LogP contribution < -0.4 is 29.1 Å². The molecule has 1 atom stereocenters. The number of rotatable bonds is 11. The number of hydrogen-bond donors (Lipinski definition) is 0. The number of esters is 1. The van der Waals surface area contributed by atoms with Gasteiger partial charge >= 0.3 is 5.97 Å². The summed E-state index contributed by atoms with van der Waals surface area (Å²) in [6.07, 6.45) is 3.85. The van der Waals surface area contributed by atoms with Crippen LogP contribution in [0, 0.1) is 5.82 Å². The summed E-state index contributed by atoms with van der Waals surface area (Å²) in [7, 11) is 3.10. The minimum atomic E-state index is -0.937. The van der Waals surface area contributed by atoms with Crippen LogP contribution in [-0.2, 0) is 16.1 Å². The fraction of sp³-hybridized carbons (Fsp3) is 0.175. The molecule has 7 rings (SSSR count). The van der Waals surface area contributed by atoms with Crippen LogP contribution in [0.25, 0.3) is 22.7 Å². The molecule has 2 aromatic heterocycles. The molecule has 258 valence electrons. The Morgan fingerprint density at radius 3 is 2.43 bits per heavy atom. The number of para-hydroxylation sites is 1. The van der Waals surface area contributed by atoms with Gasteiger partial charge in [-0.25, -0.2) is 14.2 Å². The molecule has 0 aliphatic carbocycles. The average molecular weight is 704 g/mol. The summed E-state index contributed by atoms with van der Waals surface area (Å²) in [5.74, 6) is 0.669. The summed E-state index contributed by atoms with van der Waals surface area (Å²) < 4.78 is 40.3. The van der Waals surface area contributed by atoms with Gasteiger partial charge in [-0.3, -0.25) is 9.36 Å². The van der Waals surface area contributed by atoms with E-state index < -0.39 is 12.0 Å². The lowest BCUT2D eigenvalue weighted by Gasteiger charge is -2.27. The van der Waals surface area contributed by atoms with Crippen molar-refractivity contribution in [3.05, 3.63) is 151 Å². The minimum absolute atomic E-state index is 0.135. The van der Waals surface area contributed by atoms with Gasteiger partial charge in [0.2, 0.25) is 0 Å². The van der Waals surface area contributed by atoms with E-state index >= 15 is 0 Å². The molecule has 1 aliphatic heterocycles. The van der Waals surface area contributed by atoms with Crippen LogP contribution in [0.1, 0.15) is 29.7 Å². The third kappa shape index (κ3) is 6.55. The molecule has 0 radical (unpaired) electrons. The number of aromatic nitrogens is 2. The van der Waals surface area contributed by atoms with E-state index in [4.69, 9.17) is 23.9 Å². The highest BCUT2D eigenvalue weighted by Gasteiger charge is 2.37. The summed E-state index contributed by atoms with van der Waals surface area (Å²) in [6, 6.07) is 27.6. The summed E-state index contributed by atoms with van der Waals surface area (Å²) in [5.41, 5.74) is 3.36. The predicted molar refractivity (Wildman–Crippen MR) is 194 cm³/mol. The first-order valence-electron chi connectivity index (χ1n) is 16.4. The van der Waals surface area contributed by atoms with Gasteiger partial charge in [0.1, 0.15) is 35.7 Å². The van der Waals surface area contributed by atoms with Crippen LogP contribution in [-0.4, -0.2) is 42.5 Å². The van der Waals surface area contributed by atoms with Gasteiger partial charge in [-0.2, -0.15) is 0 Å². The molecule has 0 fully saturated rings. The molecule has 4 aromatic carbocycles. The van der Waals surface area contributed by atoms with Gasteiger partial charge in [0.05, 0.1) is 43.2 Å². The lowest BCUT2D eigenvalue weighted by molar-refractivity contribution is -0.138. The zero-order valence-electron chi connectivity index (χ0n) is 28.2. The summed E-state index contributed by atoms with van der Waals surface area (Å²) in [5, 5.41) is 0.952. The van der Waals surface area contributed by atoms with Crippen molar-refractivity contribution >= 4 is 40.0 Å². The maximum absolute atomic E-state index is 14.6. The second kappa shape index (κ2) is 14.5. The zero-order valence-corrected chi connectivity index (χ0v) is 29.0. The SMILES string of the molecule is CCOC(=O)C1=C(c2ccccc2)N=c2sc(=Cc3cn(CCOc4ccc(F)cc4)c4ccccc34)c(=O)n2[C@@H]1c1cc(OC)ccc1OC. The molecule has 51 heavy (non-hydrogen) atoms. The van der Waals surface area contributed by atoms with E-state index in [-0.39, 0.29) is 23.6 Å². The van der Waals surface area contributed by atoms with Crippen LogP contribution in [0.15, 0.2) is 119 Å². The number of thiazole rings is 1. The quantitative estimate of drug-likeness (QED) is 0.151. The Morgan fingerprint density at radius 1 is 0.941 bits per heavy atom. The first-order chi connectivity index (χ1) is 24.9. The summed E-state index contributed by atoms with van der Waals surface area (Å²) >= 11 is 1.24. The molecule has 0 saturated heterocycles. The van der Waals surface area contributed by atoms with Crippen molar-refractivity contribution in [2.75, 3.05) is 27.4 Å². The van der Waals surface area contributed by atoms with E-state index in [1.807, 2.05) is 66.9 Å². The van der Waals surface area contributed by atoms with Crippen LogP contribution >= 0.6 is 11.3 Å². The lowest BCUT2D eigenvalue weighted by atomic mass is 9.92. The van der Waals surface area contributed by atoms with Crippen molar-refractivity contribution < 1.29 is 28.1 Å². The van der Waals surface area contributed by atoms with Gasteiger partial charge in [-0.1, -0.05) is 59.9 Å². The van der Waals surface area contributed by atoms with Crippen molar-refractivity contribution in [1.82, 2.24) is 9.13 Å². The number of carbonyl (C=O) groups is 1. The Kier molecular flexibility index (Phi) is 9.54. The van der Waals surface area contributed by atoms with E-state index in [1.165, 1.54) is 23.5 Å². The Labute approximate surface area is 296 Å². The number of ether oxygens (including phenoxy) is 4. The zero-order chi connectivity index (χ0) is 35.5. The highest BCUT2D eigenvalue weighted by atomic mass is 32.1. The molecule has 0 spiro atoms. The maximum atomic E-state index is 14.6. The number of hydrogen-bond acceptors (Lipinski definition) is 8. The van der Waals surface area contributed by atoms with Crippen molar-refractivity contribution in [3.8, 4) is 17.2 Å². The number of benzene rings is 4. The molecular weight excluding hydrogens is 670 g/mol. The highest BCUT2D eigenvalue weighted by molar-refractivity contribution is 7.07. The smallest absolute Gasteiger partial charge is 0.338 e. The van der Waals surface area contributed by atoms with Gasteiger partial charge in [0, 0.05) is 33.8 Å². The molecule has 3 heterocycles. The third-order valence-electron chi connectivity index (χ3n) is 8.63. The molecule has 0 bridgehead atoms. The van der Waals surface area contributed by atoms with E-state index in [9.17, 15) is 14.0 Å². The van der Waals surface area contributed by atoms with E-state index in [0.717, 1.165) is 16.5 Å². The first-order valence-corrected chi connectivity index (χ1v) is 17.2. The van der Waals surface area contributed by atoms with Crippen molar-refractivity contribution in [2.24, 2.45) is 4.99 Å². The number of fused-ring (bicyclic) bond motifs is 2. The van der Waals surface area contributed by atoms with Crippen LogP contribution in [0.4, 0.5) is 4.39 Å². The predicted octanol–water partition coefficient (Wildman–Crippen LogP) is 6.13. The normalized spacial score (nSPS) is 14.3. The Bertz CT molecular complexity index is 2450. The minimum Gasteiger partial charge on any atom is -0.497 e. The van der Waals surface area contributed by atoms with Crippen LogP contribution in [0.5, 0.6) is 17.2 Å². The summed E-state index contributed by atoms with van der Waals surface area (Å²) in [4.78, 5) is 33.9. The fourth-order valence-corrected chi connectivity index (χ4v) is 7.29. The van der Waals surface area contributed by atoms with Gasteiger partial charge in [0.15, 0.2) is 4.80 Å². The monoisotopic (exact) mass is 703 g/mol. The number of methoxy groups -OCH3 is 2. The molecule has 0 amide bonds. The highest BCUT2D eigenvalue weighted by Crippen LogP contribution is 2.40. The van der Waals surface area contributed by atoms with Gasteiger partial charge < -0.3 is 23.5 Å². The molecule has 6 aromatic rings. The van der Waals surface area contributed by atoms with Crippen molar-refractivity contribution in [3.63, 3.8) is 0 Å². The largest absolute Gasteiger partial charge is 0.497 e. The molecular formula is C40H34FN3O6S. The number of carbonyl (C=O) groups excluding carboxylic acids is 1. The number of nitrogens with zero attached hydrogens (tertiary/aromatic N) is 3. The third-order valence-corrected chi connectivity index (χ3v) is 9.61. The van der Waals surface area contributed by atoms with Gasteiger partial charge in [-0.05, 0) is 61.5 Å². The average Bonchev–Trinajstić information content (AvgIpc) is 3.67. The Hall–Kier alpha value is -5.94. The molecule has 9 nitrogen and oxygen atoms in total. The lowest BCUT2D eigenvalue weighted by Crippen LogP contribution is -2.40. The summed E-state index contributed by atoms with van der Waals surface area (Å²) in [6.45, 7) is 2.75. The van der Waals surface area contributed by atoms with Crippen LogP contribution in [0.2, 0.25) is 0 Å². The van der Waals surface area contributed by atoms with E-state index in [2.05, 4.69) is 4.57 Å². The van der Waals surface area contributed by atoms with Gasteiger partial charge in [0.25, 0.3) is 5.56 Å². The molecule has 0 unspecified atom stereocenters. The maximum Gasteiger partial charge on any atom is 0.338 e. The second-order valence-corrected chi connectivity index (χ2v) is 12.6. The Balaban J connectivity index is 1.40. The number of halogens is 1. The molecule has 11 heteroatoms. The van der Waals surface area contributed by atoms with Crippen molar-refractivity contribution in [2.45, 2.75) is 19.5 Å². The molecule has 0 N–H and O–H groups in total. The Morgan fingerprint density at radius 2 is 1.69 bits per heavy atom.